The van der Waals surface area contributed by atoms with Gasteiger partial charge in [0.25, 0.3) is 0 Å². The Morgan fingerprint density at radius 3 is 2.04 bits per heavy atom. The maximum atomic E-state index is 14.6. The van der Waals surface area contributed by atoms with Crippen LogP contribution in [0.2, 0.25) is 0 Å². The first-order valence-electron chi connectivity index (χ1n) is 23.5. The SMILES string of the molecule is C#Cc1cccc(CN2C[C@@H]3N(C(=O)NCc4ccccc4)[C@H](COC(=O)CC/C=C\C/C=C\C/C=C\C/C=C\C/C=C\C/C=C\CC)CC(=O)N3[C@@H](Cc3ccc(O)cc3)C2=O)c1/C=C\C. The zero-order chi connectivity index (χ0) is 47.6. The third-order valence-corrected chi connectivity index (χ3v) is 11.5. The van der Waals surface area contributed by atoms with Crippen LogP contribution in [0.5, 0.6) is 5.75 Å². The molecule has 2 fully saturated rings. The van der Waals surface area contributed by atoms with Crippen LogP contribution in [-0.4, -0.2) is 75.0 Å². The van der Waals surface area contributed by atoms with Crippen molar-refractivity contribution in [1.29, 1.82) is 0 Å². The molecular weight excluding hydrogens is 837 g/mol. The molecule has 350 valence electrons. The van der Waals surface area contributed by atoms with Crippen LogP contribution < -0.4 is 5.32 Å². The molecular formula is C57H66N4O6. The van der Waals surface area contributed by atoms with Gasteiger partial charge in [-0.25, -0.2) is 4.79 Å². The Balaban J connectivity index is 1.24. The van der Waals surface area contributed by atoms with Gasteiger partial charge in [0.1, 0.15) is 24.6 Å². The molecule has 0 saturated carbocycles. The van der Waals surface area contributed by atoms with E-state index in [-0.39, 0.29) is 63.1 Å². The number of allylic oxidation sites excluding steroid dienone is 13. The zero-order valence-corrected chi connectivity index (χ0v) is 39.1. The lowest BCUT2D eigenvalue weighted by Crippen LogP contribution is -2.74. The van der Waals surface area contributed by atoms with Gasteiger partial charge in [-0.15, -0.1) is 6.42 Å². The van der Waals surface area contributed by atoms with Gasteiger partial charge < -0.3 is 25.0 Å². The van der Waals surface area contributed by atoms with E-state index in [0.29, 0.717) is 12.0 Å². The standard InChI is InChI=1S/C57H66N4O6/c1-4-7-8-9-10-11-12-13-14-15-16-17-18-19-20-21-22-23-27-34-55(64)67-44-49-40-54(63)61-52(39-45-35-37-50(62)38-36-45)56(65)59(42-48-33-28-32-47(6-3)51(48)29-5-2)43-53(61)60(49)57(66)58-41-46-30-25-24-26-31-46/h3,5,7-8,10-11,13-14,16-17,19-20,22-26,28-33,35-38,49,52-53,62H,4,9,12,15,18,21,27,34,39-44H2,1-2H3,(H,58,66)/b8-7-,11-10-,14-13-,17-16-,20-19-,23-22-,29-5-/t49-,52-,53+/m0/s1. The molecule has 0 bridgehead atoms. The van der Waals surface area contributed by atoms with Gasteiger partial charge in [-0.3, -0.25) is 19.3 Å². The van der Waals surface area contributed by atoms with E-state index >= 15 is 0 Å². The number of amides is 4. The molecule has 67 heavy (non-hydrogen) atoms. The number of phenolic OH excluding ortho intramolecular Hbond substituents is 1. The van der Waals surface area contributed by atoms with Crippen LogP contribution in [0.4, 0.5) is 4.79 Å². The lowest BCUT2D eigenvalue weighted by Gasteiger charge is -2.54. The minimum atomic E-state index is -0.967. The van der Waals surface area contributed by atoms with Crippen LogP contribution in [0.3, 0.4) is 0 Å². The van der Waals surface area contributed by atoms with Crippen molar-refractivity contribution in [1.82, 2.24) is 20.0 Å². The van der Waals surface area contributed by atoms with Crippen LogP contribution in [0.15, 0.2) is 152 Å². The lowest BCUT2D eigenvalue weighted by molar-refractivity contribution is -0.173. The van der Waals surface area contributed by atoms with Crippen molar-refractivity contribution in [2.24, 2.45) is 0 Å². The third-order valence-electron chi connectivity index (χ3n) is 11.5. The molecule has 3 aromatic carbocycles. The number of esters is 1. The van der Waals surface area contributed by atoms with Crippen molar-refractivity contribution in [3.8, 4) is 18.1 Å². The predicted octanol–water partition coefficient (Wildman–Crippen LogP) is 10.5. The number of carbonyl (C=O) groups is 4. The Hall–Kier alpha value is -7.12. The van der Waals surface area contributed by atoms with Crippen molar-refractivity contribution in [2.45, 2.75) is 109 Å². The van der Waals surface area contributed by atoms with Crippen LogP contribution in [0.25, 0.3) is 6.08 Å². The highest BCUT2D eigenvalue weighted by Gasteiger charge is 2.52. The first-order chi connectivity index (χ1) is 32.7. The Morgan fingerprint density at radius 2 is 1.43 bits per heavy atom. The monoisotopic (exact) mass is 902 g/mol. The summed E-state index contributed by atoms with van der Waals surface area (Å²) in [6.45, 7) is 4.25. The molecule has 2 aliphatic heterocycles. The van der Waals surface area contributed by atoms with Crippen molar-refractivity contribution in [3.63, 3.8) is 0 Å². The Bertz CT molecular complexity index is 2330. The normalized spacial score (nSPS) is 17.9. The van der Waals surface area contributed by atoms with Gasteiger partial charge in [-0.2, -0.15) is 0 Å². The highest BCUT2D eigenvalue weighted by Crippen LogP contribution is 2.33. The van der Waals surface area contributed by atoms with Gasteiger partial charge in [-0.05, 0) is 92.3 Å². The molecule has 10 nitrogen and oxygen atoms in total. The Labute approximate surface area is 397 Å². The summed E-state index contributed by atoms with van der Waals surface area (Å²) in [4.78, 5) is 61.4. The van der Waals surface area contributed by atoms with E-state index in [1.807, 2.05) is 79.8 Å². The van der Waals surface area contributed by atoms with E-state index < -0.39 is 30.2 Å². The number of rotatable bonds is 23. The Morgan fingerprint density at radius 1 is 0.806 bits per heavy atom. The molecule has 0 unspecified atom stereocenters. The molecule has 0 spiro atoms. The van der Waals surface area contributed by atoms with E-state index in [9.17, 15) is 24.3 Å². The average Bonchev–Trinajstić information content (AvgIpc) is 3.33. The van der Waals surface area contributed by atoms with Gasteiger partial charge in [0.2, 0.25) is 11.8 Å². The van der Waals surface area contributed by atoms with Gasteiger partial charge in [0.15, 0.2) is 0 Å². The average molecular weight is 903 g/mol. The Kier molecular flexibility index (Phi) is 21.3. The van der Waals surface area contributed by atoms with Crippen molar-refractivity contribution in [2.75, 3.05) is 13.2 Å². The topological polar surface area (TPSA) is 119 Å². The predicted molar refractivity (Wildman–Crippen MR) is 268 cm³/mol. The number of piperazine rings is 1. The van der Waals surface area contributed by atoms with Gasteiger partial charge >= 0.3 is 12.0 Å². The van der Waals surface area contributed by atoms with E-state index in [2.05, 4.69) is 78.9 Å². The fourth-order valence-corrected chi connectivity index (χ4v) is 8.16. The molecule has 2 heterocycles. The molecule has 2 saturated heterocycles. The van der Waals surface area contributed by atoms with Crippen LogP contribution in [0, 0.1) is 12.3 Å². The fourth-order valence-electron chi connectivity index (χ4n) is 8.16. The first-order valence-corrected chi connectivity index (χ1v) is 23.5. The largest absolute Gasteiger partial charge is 0.508 e. The van der Waals surface area contributed by atoms with E-state index in [4.69, 9.17) is 11.2 Å². The second-order valence-electron chi connectivity index (χ2n) is 16.5. The molecule has 3 aromatic rings. The highest BCUT2D eigenvalue weighted by molar-refractivity contribution is 5.92. The lowest BCUT2D eigenvalue weighted by atomic mass is 9.94. The number of urea groups is 1. The number of nitrogens with zero attached hydrogens (tertiary/aromatic N) is 3. The maximum Gasteiger partial charge on any atom is 0.319 e. The zero-order valence-electron chi connectivity index (χ0n) is 39.1. The summed E-state index contributed by atoms with van der Waals surface area (Å²) in [5.41, 5.74) is 3.92. The summed E-state index contributed by atoms with van der Waals surface area (Å²) in [6.07, 6.45) is 40.6. The van der Waals surface area contributed by atoms with Crippen molar-refractivity contribution in [3.05, 3.63) is 180 Å². The van der Waals surface area contributed by atoms with E-state index in [0.717, 1.165) is 60.8 Å². The van der Waals surface area contributed by atoms with Crippen molar-refractivity contribution >= 4 is 29.9 Å². The number of benzene rings is 3. The summed E-state index contributed by atoms with van der Waals surface area (Å²) < 4.78 is 5.81. The number of hydrogen-bond donors (Lipinski definition) is 2. The number of carbonyl (C=O) groups excluding carboxylic acids is 4. The second kappa shape index (κ2) is 28.0. The fraction of sp³-hybridized carbons (Fsp3) is 0.333. The number of terminal acetylenes is 1. The van der Waals surface area contributed by atoms with Crippen LogP contribution in [0.1, 0.15) is 99.5 Å². The summed E-state index contributed by atoms with van der Waals surface area (Å²) in [5, 5.41) is 13.1. The number of nitrogens with one attached hydrogen (secondary N) is 1. The molecule has 5 rings (SSSR count). The first kappa shape index (κ1) is 50.9. The van der Waals surface area contributed by atoms with E-state index in [1.54, 1.807) is 34.1 Å². The smallest absolute Gasteiger partial charge is 0.319 e. The number of fused-ring (bicyclic) bond motifs is 1. The summed E-state index contributed by atoms with van der Waals surface area (Å²) >= 11 is 0. The molecule has 0 aromatic heterocycles. The molecule has 0 radical (unpaired) electrons. The number of hydrogen-bond acceptors (Lipinski definition) is 6. The molecule has 4 amide bonds. The minimum absolute atomic E-state index is 0.0120. The molecule has 10 heteroatoms. The second-order valence-corrected chi connectivity index (χ2v) is 16.5. The summed E-state index contributed by atoms with van der Waals surface area (Å²) in [5.74, 6) is 1.78. The van der Waals surface area contributed by atoms with E-state index in [1.165, 1.54) is 4.90 Å². The third kappa shape index (κ3) is 16.1. The quantitative estimate of drug-likeness (QED) is 0.0556. The molecule has 2 aliphatic rings. The van der Waals surface area contributed by atoms with Gasteiger partial charge in [-0.1, -0.05) is 153 Å². The molecule has 3 atom stereocenters. The van der Waals surface area contributed by atoms with Gasteiger partial charge in [0.05, 0.1) is 19.0 Å². The number of ether oxygens (including phenoxy) is 1. The number of aromatic hydroxyl groups is 1. The summed E-state index contributed by atoms with van der Waals surface area (Å²) in [7, 11) is 0. The summed E-state index contributed by atoms with van der Waals surface area (Å²) in [6, 6.07) is 19.4. The highest BCUT2D eigenvalue weighted by atomic mass is 16.5. The molecule has 2 N–H and O–H groups in total. The van der Waals surface area contributed by atoms with Crippen LogP contribution >= 0.6 is 0 Å². The van der Waals surface area contributed by atoms with Crippen LogP contribution in [-0.2, 0) is 38.6 Å². The van der Waals surface area contributed by atoms with Crippen molar-refractivity contribution < 1.29 is 29.0 Å². The molecule has 0 aliphatic carbocycles. The minimum Gasteiger partial charge on any atom is -0.508 e. The maximum absolute atomic E-state index is 14.6. The van der Waals surface area contributed by atoms with Gasteiger partial charge in [0, 0.05) is 31.5 Å². The number of phenols is 1.